The molecule has 1 amide bonds. The second-order valence-electron chi connectivity index (χ2n) is 5.05. The first-order valence-electron chi connectivity index (χ1n) is 6.35. The lowest BCUT2D eigenvalue weighted by molar-refractivity contribution is -0.127. The Balaban J connectivity index is 2.17. The maximum atomic E-state index is 12.5. The van der Waals surface area contributed by atoms with E-state index in [-0.39, 0.29) is 5.91 Å². The fourth-order valence-electron chi connectivity index (χ4n) is 2.39. The third kappa shape index (κ3) is 3.08. The molecule has 1 aliphatic rings. The van der Waals surface area contributed by atoms with Gasteiger partial charge in [-0.25, -0.2) is 0 Å². The zero-order chi connectivity index (χ0) is 13.9. The highest BCUT2D eigenvalue weighted by Crippen LogP contribution is 2.29. The molecule has 0 aromatic heterocycles. The van der Waals surface area contributed by atoms with Gasteiger partial charge in [0, 0.05) is 24.4 Å². The van der Waals surface area contributed by atoms with E-state index in [1.165, 1.54) is 0 Å². The number of methoxy groups -OCH3 is 1. The molecule has 1 aliphatic heterocycles. The van der Waals surface area contributed by atoms with Crippen LogP contribution in [0.3, 0.4) is 0 Å². The summed E-state index contributed by atoms with van der Waals surface area (Å²) in [6.07, 6.45) is 0.784. The lowest BCUT2D eigenvalue weighted by Gasteiger charge is -2.26. The van der Waals surface area contributed by atoms with Crippen molar-refractivity contribution in [2.24, 2.45) is 5.41 Å². The molecule has 5 heteroatoms. The van der Waals surface area contributed by atoms with Gasteiger partial charge in [-0.2, -0.15) is 0 Å². The van der Waals surface area contributed by atoms with Crippen LogP contribution in [0.4, 0.5) is 5.69 Å². The molecule has 0 spiro atoms. The van der Waals surface area contributed by atoms with Crippen molar-refractivity contribution < 1.29 is 9.53 Å². The molecule has 0 radical (unpaired) electrons. The van der Waals surface area contributed by atoms with E-state index in [1.54, 1.807) is 13.2 Å². The van der Waals surface area contributed by atoms with Gasteiger partial charge in [0.1, 0.15) is 0 Å². The number of hydrogen-bond acceptors (Lipinski definition) is 3. The van der Waals surface area contributed by atoms with Crippen LogP contribution >= 0.6 is 11.6 Å². The van der Waals surface area contributed by atoms with Crippen LogP contribution in [0.1, 0.15) is 12.0 Å². The number of carbonyl (C=O) groups excluding carboxylic acids is 1. The third-order valence-corrected chi connectivity index (χ3v) is 3.83. The SMILES string of the molecule is COCC1(C(=O)Nc2cc(Cl)ccc2C)CCNC1. The zero-order valence-electron chi connectivity index (χ0n) is 11.3. The van der Waals surface area contributed by atoms with Gasteiger partial charge in [-0.05, 0) is 37.6 Å². The van der Waals surface area contributed by atoms with Gasteiger partial charge in [0.15, 0.2) is 0 Å². The summed E-state index contributed by atoms with van der Waals surface area (Å²) in [4.78, 5) is 12.5. The topological polar surface area (TPSA) is 50.4 Å². The van der Waals surface area contributed by atoms with E-state index in [0.29, 0.717) is 18.2 Å². The summed E-state index contributed by atoms with van der Waals surface area (Å²) in [5.74, 6) is -0.00952. The minimum absolute atomic E-state index is 0.00952. The fourth-order valence-corrected chi connectivity index (χ4v) is 2.56. The summed E-state index contributed by atoms with van der Waals surface area (Å²) in [6.45, 7) is 3.85. The monoisotopic (exact) mass is 282 g/mol. The second-order valence-corrected chi connectivity index (χ2v) is 5.49. The average molecular weight is 283 g/mol. The van der Waals surface area contributed by atoms with Crippen LogP contribution in [0, 0.1) is 12.3 Å². The molecule has 4 nitrogen and oxygen atoms in total. The Morgan fingerprint density at radius 3 is 3.00 bits per heavy atom. The van der Waals surface area contributed by atoms with Gasteiger partial charge in [-0.3, -0.25) is 4.79 Å². The second kappa shape index (κ2) is 5.90. The summed E-state index contributed by atoms with van der Waals surface area (Å²) in [5, 5.41) is 6.82. The number of anilines is 1. The number of aryl methyl sites for hydroxylation is 1. The van der Waals surface area contributed by atoms with Crippen LogP contribution in [-0.4, -0.2) is 32.7 Å². The summed E-state index contributed by atoms with van der Waals surface area (Å²) >= 11 is 5.97. The number of halogens is 1. The zero-order valence-corrected chi connectivity index (χ0v) is 12.0. The van der Waals surface area contributed by atoms with Gasteiger partial charge in [-0.15, -0.1) is 0 Å². The van der Waals surface area contributed by atoms with E-state index < -0.39 is 5.41 Å². The Labute approximate surface area is 118 Å². The lowest BCUT2D eigenvalue weighted by Crippen LogP contribution is -2.41. The van der Waals surface area contributed by atoms with Gasteiger partial charge >= 0.3 is 0 Å². The number of benzene rings is 1. The highest BCUT2D eigenvalue weighted by atomic mass is 35.5. The number of ether oxygens (including phenoxy) is 1. The molecule has 1 unspecified atom stereocenters. The summed E-state index contributed by atoms with van der Waals surface area (Å²) in [7, 11) is 1.62. The first-order chi connectivity index (χ1) is 9.07. The van der Waals surface area contributed by atoms with Crippen LogP contribution in [0.5, 0.6) is 0 Å². The Morgan fingerprint density at radius 1 is 1.58 bits per heavy atom. The smallest absolute Gasteiger partial charge is 0.234 e. The molecule has 1 heterocycles. The molecule has 19 heavy (non-hydrogen) atoms. The molecular weight excluding hydrogens is 264 g/mol. The van der Waals surface area contributed by atoms with Crippen LogP contribution in [-0.2, 0) is 9.53 Å². The van der Waals surface area contributed by atoms with Crippen molar-refractivity contribution in [1.29, 1.82) is 0 Å². The van der Waals surface area contributed by atoms with Gasteiger partial charge in [-0.1, -0.05) is 17.7 Å². The fraction of sp³-hybridized carbons (Fsp3) is 0.500. The van der Waals surface area contributed by atoms with Crippen molar-refractivity contribution in [2.75, 3.05) is 32.1 Å². The molecule has 1 saturated heterocycles. The predicted molar refractivity (Wildman–Crippen MR) is 76.6 cm³/mol. The lowest BCUT2D eigenvalue weighted by atomic mass is 9.87. The van der Waals surface area contributed by atoms with Crippen LogP contribution < -0.4 is 10.6 Å². The van der Waals surface area contributed by atoms with E-state index in [2.05, 4.69) is 10.6 Å². The number of hydrogen-bond donors (Lipinski definition) is 2. The summed E-state index contributed by atoms with van der Waals surface area (Å²) in [5.41, 5.74) is 1.28. The van der Waals surface area contributed by atoms with Crippen molar-refractivity contribution in [2.45, 2.75) is 13.3 Å². The van der Waals surface area contributed by atoms with E-state index >= 15 is 0 Å². The Bertz CT molecular complexity index is 471. The molecule has 1 atom stereocenters. The van der Waals surface area contributed by atoms with Crippen molar-refractivity contribution >= 4 is 23.2 Å². The van der Waals surface area contributed by atoms with Gasteiger partial charge in [0.05, 0.1) is 12.0 Å². The molecule has 1 aromatic carbocycles. The average Bonchev–Trinajstić information content (AvgIpc) is 2.84. The van der Waals surface area contributed by atoms with Crippen LogP contribution in [0.15, 0.2) is 18.2 Å². The Kier molecular flexibility index (Phi) is 4.45. The van der Waals surface area contributed by atoms with Crippen LogP contribution in [0.25, 0.3) is 0 Å². The summed E-state index contributed by atoms with van der Waals surface area (Å²) < 4.78 is 5.22. The number of amides is 1. The number of carbonyl (C=O) groups is 1. The van der Waals surface area contributed by atoms with Crippen molar-refractivity contribution in [3.8, 4) is 0 Å². The first kappa shape index (κ1) is 14.3. The maximum Gasteiger partial charge on any atom is 0.234 e. The first-order valence-corrected chi connectivity index (χ1v) is 6.72. The molecular formula is C14H19ClN2O2. The summed E-state index contributed by atoms with van der Waals surface area (Å²) in [6, 6.07) is 5.49. The molecule has 1 fully saturated rings. The standard InChI is InChI=1S/C14H19ClN2O2/c1-10-3-4-11(15)7-12(10)17-13(18)14(9-19-2)5-6-16-8-14/h3-4,7,16H,5-6,8-9H2,1-2H3,(H,17,18). The van der Waals surface area contributed by atoms with Gasteiger partial charge in [0.25, 0.3) is 0 Å². The molecule has 2 rings (SSSR count). The van der Waals surface area contributed by atoms with Gasteiger partial charge in [0.2, 0.25) is 5.91 Å². The maximum absolute atomic E-state index is 12.5. The minimum Gasteiger partial charge on any atom is -0.384 e. The van der Waals surface area contributed by atoms with E-state index in [1.807, 2.05) is 19.1 Å². The van der Waals surface area contributed by atoms with E-state index in [9.17, 15) is 4.79 Å². The van der Waals surface area contributed by atoms with Crippen molar-refractivity contribution in [1.82, 2.24) is 5.32 Å². The van der Waals surface area contributed by atoms with Crippen molar-refractivity contribution in [3.05, 3.63) is 28.8 Å². The van der Waals surface area contributed by atoms with Crippen molar-refractivity contribution in [3.63, 3.8) is 0 Å². The Morgan fingerprint density at radius 2 is 2.37 bits per heavy atom. The largest absolute Gasteiger partial charge is 0.384 e. The number of rotatable bonds is 4. The predicted octanol–water partition coefficient (Wildman–Crippen LogP) is 2.21. The number of nitrogens with one attached hydrogen (secondary N) is 2. The van der Waals surface area contributed by atoms with E-state index in [0.717, 1.165) is 24.2 Å². The quantitative estimate of drug-likeness (QED) is 0.890. The highest BCUT2D eigenvalue weighted by molar-refractivity contribution is 6.31. The molecule has 1 aromatic rings. The molecule has 104 valence electrons. The molecule has 2 N–H and O–H groups in total. The molecule has 0 bridgehead atoms. The third-order valence-electron chi connectivity index (χ3n) is 3.59. The minimum atomic E-state index is -0.483. The molecule has 0 aliphatic carbocycles. The Hall–Kier alpha value is -1.10. The van der Waals surface area contributed by atoms with Crippen LogP contribution in [0.2, 0.25) is 5.02 Å². The molecule has 0 saturated carbocycles. The normalized spacial score (nSPS) is 22.5. The van der Waals surface area contributed by atoms with Gasteiger partial charge < -0.3 is 15.4 Å². The highest BCUT2D eigenvalue weighted by Gasteiger charge is 2.41. The van der Waals surface area contributed by atoms with E-state index in [4.69, 9.17) is 16.3 Å².